The molecule has 2 aromatic heterocycles. The number of nitrogens with zero attached hydrogens (tertiary/aromatic N) is 1. The van der Waals surface area contributed by atoms with Crippen molar-refractivity contribution >= 4 is 46.2 Å². The van der Waals surface area contributed by atoms with Crippen molar-refractivity contribution in [2.45, 2.75) is 38.5 Å². The van der Waals surface area contributed by atoms with E-state index in [1.54, 1.807) is 18.2 Å². The van der Waals surface area contributed by atoms with Crippen LogP contribution in [0, 0.1) is 5.82 Å². The number of sulfonamides is 1. The van der Waals surface area contributed by atoms with Crippen LogP contribution in [0.3, 0.4) is 0 Å². The molecule has 200 valence electrons. The second kappa shape index (κ2) is 10.4. The Labute approximate surface area is 225 Å². The molecule has 11 heteroatoms. The summed E-state index contributed by atoms with van der Waals surface area (Å²) >= 11 is 0. The van der Waals surface area contributed by atoms with Crippen LogP contribution in [0.1, 0.15) is 48.3 Å². The number of hydrogen-bond donors (Lipinski definition) is 2. The first-order valence-electron chi connectivity index (χ1n) is 12.3. The van der Waals surface area contributed by atoms with Crippen LogP contribution in [0.15, 0.2) is 65.6 Å². The van der Waals surface area contributed by atoms with Gasteiger partial charge in [-0.05, 0) is 80.3 Å². The summed E-state index contributed by atoms with van der Waals surface area (Å²) in [5.41, 5.74) is 2.28. The number of benzene rings is 2. The number of carbonyl (C=O) groups excluding carboxylic acids is 1. The van der Waals surface area contributed by atoms with Crippen molar-refractivity contribution in [3.63, 3.8) is 0 Å². The minimum atomic E-state index is -3.94. The lowest BCUT2D eigenvalue weighted by Gasteiger charge is -2.14. The number of allylic oxidation sites excluding steroid dienone is 2. The molecule has 1 aliphatic rings. The van der Waals surface area contributed by atoms with Gasteiger partial charge in [-0.3, -0.25) is 14.2 Å². The molecule has 0 atom stereocenters. The average molecular weight is 566 g/mol. The maximum atomic E-state index is 14.9. The van der Waals surface area contributed by atoms with Crippen molar-refractivity contribution in [2.24, 2.45) is 0 Å². The maximum Gasteiger partial charge on any atom is 0.282 e. The summed E-state index contributed by atoms with van der Waals surface area (Å²) in [6, 6.07) is 12.6. The zero-order valence-electron chi connectivity index (χ0n) is 21.2. The highest BCUT2D eigenvalue weighted by molar-refractivity contribution is 7.91. The first-order chi connectivity index (χ1) is 18.6. The van der Waals surface area contributed by atoms with Gasteiger partial charge < -0.3 is 9.55 Å². The third kappa shape index (κ3) is 5.10. The van der Waals surface area contributed by atoms with E-state index in [2.05, 4.69) is 9.71 Å². The van der Waals surface area contributed by atoms with Crippen LogP contribution in [-0.4, -0.2) is 29.1 Å². The Morgan fingerprint density at radius 3 is 2.64 bits per heavy atom. The quantitative estimate of drug-likeness (QED) is 0.299. The zero-order valence-corrected chi connectivity index (χ0v) is 22.9. The Bertz CT molecular complexity index is 1840. The van der Waals surface area contributed by atoms with Crippen molar-refractivity contribution in [3.8, 4) is 11.1 Å². The number of carbonyl (C=O) groups is 1. The summed E-state index contributed by atoms with van der Waals surface area (Å²) in [5.74, 6) is -1.50. The molecule has 2 aromatic carbocycles. The fourth-order valence-electron chi connectivity index (χ4n) is 4.61. The number of fused-ring (bicyclic) bond motifs is 1. The number of aromatic amines is 1. The molecule has 0 radical (unpaired) electrons. The number of halogens is 1. The summed E-state index contributed by atoms with van der Waals surface area (Å²) < 4.78 is 55.7. The van der Waals surface area contributed by atoms with E-state index in [4.69, 9.17) is 0 Å². The van der Waals surface area contributed by atoms with Crippen molar-refractivity contribution in [2.75, 3.05) is 0 Å². The van der Waals surface area contributed by atoms with Crippen LogP contribution in [0.25, 0.3) is 27.6 Å². The molecule has 0 saturated heterocycles. The number of H-pyrrole nitrogens is 1. The van der Waals surface area contributed by atoms with Crippen LogP contribution < -0.4 is 15.6 Å². The van der Waals surface area contributed by atoms with Gasteiger partial charge in [-0.1, -0.05) is 12.1 Å². The van der Waals surface area contributed by atoms with E-state index in [1.807, 2.05) is 32.1 Å². The Kier molecular flexibility index (Phi) is 7.09. The molecule has 1 amide bonds. The van der Waals surface area contributed by atoms with E-state index in [0.717, 1.165) is 11.1 Å². The number of rotatable bonds is 8. The summed E-state index contributed by atoms with van der Waals surface area (Å²) in [4.78, 5) is 29.4. The fourth-order valence-corrected chi connectivity index (χ4v) is 6.23. The second-order valence-electron chi connectivity index (χ2n) is 9.47. The lowest BCUT2D eigenvalue weighted by molar-refractivity contribution is 0.0973. The van der Waals surface area contributed by atoms with Gasteiger partial charge in [-0.25, -0.2) is 17.5 Å². The van der Waals surface area contributed by atoms with E-state index >= 15 is 0 Å². The number of aromatic nitrogens is 2. The predicted octanol–water partition coefficient (Wildman–Crippen LogP) is 4.75. The highest BCUT2D eigenvalue weighted by atomic mass is 32.2. The van der Waals surface area contributed by atoms with Gasteiger partial charge in [-0.15, -0.1) is 0 Å². The van der Waals surface area contributed by atoms with E-state index in [0.29, 0.717) is 29.0 Å². The number of nitrogens with one attached hydrogen (secondary N) is 2. The van der Waals surface area contributed by atoms with Crippen molar-refractivity contribution in [1.82, 2.24) is 14.3 Å². The molecule has 2 heterocycles. The van der Waals surface area contributed by atoms with Gasteiger partial charge in [0.1, 0.15) is 11.5 Å². The summed E-state index contributed by atoms with van der Waals surface area (Å²) in [7, 11) is -4.24. The first kappa shape index (κ1) is 26.7. The monoisotopic (exact) mass is 565 g/mol. The minimum Gasteiger partial charge on any atom is -0.331 e. The molecule has 1 saturated carbocycles. The highest BCUT2D eigenvalue weighted by Crippen LogP contribution is 2.37. The molecule has 1 fully saturated rings. The van der Waals surface area contributed by atoms with Crippen LogP contribution in [0.5, 0.6) is 0 Å². The fraction of sp³-hybridized carbons (Fsp3) is 0.214. The van der Waals surface area contributed by atoms with Crippen LogP contribution in [0.2, 0.25) is 0 Å². The molecule has 2 N–H and O–H groups in total. The lowest BCUT2D eigenvalue weighted by Crippen LogP contribution is -2.35. The van der Waals surface area contributed by atoms with Crippen LogP contribution >= 0.6 is 8.46 Å². The van der Waals surface area contributed by atoms with Gasteiger partial charge in [-0.2, -0.15) is 0 Å². The van der Waals surface area contributed by atoms with Gasteiger partial charge in [0.25, 0.3) is 11.5 Å². The number of amides is 1. The zero-order chi connectivity index (χ0) is 27.9. The van der Waals surface area contributed by atoms with E-state index in [-0.39, 0.29) is 37.4 Å². The molecular weight excluding hydrogens is 540 g/mol. The molecule has 0 aliphatic heterocycles. The smallest absolute Gasteiger partial charge is 0.282 e. The summed E-state index contributed by atoms with van der Waals surface area (Å²) in [6.07, 6.45) is 4.29. The van der Waals surface area contributed by atoms with E-state index in [1.165, 1.54) is 29.0 Å². The summed E-state index contributed by atoms with van der Waals surface area (Å²) in [5, 5.41) is 0.214. The molecule has 0 unspecified atom stereocenters. The van der Waals surface area contributed by atoms with Gasteiger partial charge in [0.2, 0.25) is 10.0 Å². The Balaban J connectivity index is 1.84. The largest absolute Gasteiger partial charge is 0.331 e. The van der Waals surface area contributed by atoms with Gasteiger partial charge in [0, 0.05) is 39.1 Å². The Hall–Kier alpha value is -3.88. The first-order valence-corrected chi connectivity index (χ1v) is 14.7. The topological polar surface area (TPSA) is 118 Å². The molecule has 0 spiro atoms. The van der Waals surface area contributed by atoms with Crippen LogP contribution in [-0.2, 0) is 21.1 Å². The standard InChI is InChI=1S/C28H25FN3O5PS/c1-3-16(2)17-6-11-24-22(14-17)25(21-5-4-12-30-27(21)33)26(28(34)31-39(36,37)20-8-9-20)32(24)15-18-13-19(38-35)7-10-23(18)29/h3-7,10-14,20H,8-9,15H2,1-2H3,(H,30,33)(H,31,34)/b16-3+. The molecule has 8 nitrogen and oxygen atoms in total. The predicted molar refractivity (Wildman–Crippen MR) is 149 cm³/mol. The summed E-state index contributed by atoms with van der Waals surface area (Å²) in [6.45, 7) is 3.64. The minimum absolute atomic E-state index is 0.0920. The van der Waals surface area contributed by atoms with Gasteiger partial charge in [0.05, 0.1) is 11.8 Å². The molecular formula is C28H25FN3O5PS. The van der Waals surface area contributed by atoms with E-state index in [9.17, 15) is 27.0 Å². The van der Waals surface area contributed by atoms with Crippen molar-refractivity contribution in [1.29, 1.82) is 0 Å². The normalized spacial score (nSPS) is 14.2. The Morgan fingerprint density at radius 1 is 1.21 bits per heavy atom. The average Bonchev–Trinajstić information content (AvgIpc) is 3.74. The highest BCUT2D eigenvalue weighted by Gasteiger charge is 2.38. The van der Waals surface area contributed by atoms with Crippen molar-refractivity contribution < 1.29 is 22.2 Å². The second-order valence-corrected chi connectivity index (χ2v) is 12.1. The molecule has 1 aliphatic carbocycles. The van der Waals surface area contributed by atoms with Gasteiger partial charge in [0.15, 0.2) is 8.46 Å². The molecule has 5 rings (SSSR count). The number of hydrogen-bond acceptors (Lipinski definition) is 5. The maximum absolute atomic E-state index is 14.9. The third-order valence-corrected chi connectivity index (χ3v) is 9.22. The number of pyridine rings is 1. The SMILES string of the molecule is C/C=C(\C)c1ccc2c(c1)c(-c1ccc[nH]c1=O)c(C(=O)NS(=O)(=O)C1CC1)n2Cc1cc(P=O)ccc1F. The van der Waals surface area contributed by atoms with Crippen molar-refractivity contribution in [3.05, 3.63) is 93.8 Å². The van der Waals surface area contributed by atoms with Gasteiger partial charge >= 0.3 is 0 Å². The van der Waals surface area contributed by atoms with E-state index < -0.39 is 32.6 Å². The molecule has 4 aromatic rings. The van der Waals surface area contributed by atoms with Crippen LogP contribution in [0.4, 0.5) is 4.39 Å². The molecule has 39 heavy (non-hydrogen) atoms. The third-order valence-electron chi connectivity index (χ3n) is 6.92. The Morgan fingerprint density at radius 2 is 1.97 bits per heavy atom. The molecule has 0 bridgehead atoms. The lowest BCUT2D eigenvalue weighted by atomic mass is 9.99.